The van der Waals surface area contributed by atoms with Crippen LogP contribution >= 0.6 is 0 Å². The van der Waals surface area contributed by atoms with Crippen molar-refractivity contribution in [3.05, 3.63) is 11.7 Å². The Labute approximate surface area is 94.5 Å². The van der Waals surface area contributed by atoms with Gasteiger partial charge in [0, 0.05) is 6.54 Å². The van der Waals surface area contributed by atoms with E-state index < -0.39 is 0 Å². The van der Waals surface area contributed by atoms with Gasteiger partial charge in [-0.05, 0) is 13.3 Å². The van der Waals surface area contributed by atoms with Crippen LogP contribution in [0.4, 0.5) is 0 Å². The molecule has 0 aliphatic carbocycles. The molecular weight excluding hydrogens is 208 g/mol. The lowest BCUT2D eigenvalue weighted by molar-refractivity contribution is 0.376. The summed E-state index contributed by atoms with van der Waals surface area (Å²) in [5.41, 5.74) is 2.49. The molecule has 4 N–H and O–H groups in total. The van der Waals surface area contributed by atoms with E-state index in [-0.39, 0.29) is 0 Å². The van der Waals surface area contributed by atoms with Gasteiger partial charge in [0.25, 0.3) is 0 Å². The van der Waals surface area contributed by atoms with Crippen LogP contribution in [0.2, 0.25) is 0 Å². The minimum Gasteiger partial charge on any atom is -0.355 e. The number of nitrogens with zero attached hydrogens (tertiary/aromatic N) is 3. The van der Waals surface area contributed by atoms with E-state index in [9.17, 15) is 0 Å². The normalized spacial score (nSPS) is 11.6. The lowest BCUT2D eigenvalue weighted by Crippen LogP contribution is -2.41. The van der Waals surface area contributed by atoms with Gasteiger partial charge in [0.15, 0.2) is 5.82 Å². The second-order valence-corrected chi connectivity index (χ2v) is 3.32. The molecule has 0 aliphatic heterocycles. The molecule has 0 aliphatic rings. The van der Waals surface area contributed by atoms with Crippen LogP contribution in [-0.2, 0) is 6.54 Å². The summed E-state index contributed by atoms with van der Waals surface area (Å²) >= 11 is 0. The molecule has 1 aromatic heterocycles. The minimum atomic E-state index is 0.319. The second-order valence-electron chi connectivity index (χ2n) is 3.32. The number of hydrazine groups is 1. The number of nitrogens with one attached hydrogen (secondary N) is 2. The van der Waals surface area contributed by atoms with E-state index >= 15 is 0 Å². The van der Waals surface area contributed by atoms with Crippen LogP contribution in [0.5, 0.6) is 0 Å². The van der Waals surface area contributed by atoms with Gasteiger partial charge in [0.1, 0.15) is 6.54 Å². The first-order valence-corrected chi connectivity index (χ1v) is 5.30. The first-order chi connectivity index (χ1) is 7.76. The van der Waals surface area contributed by atoms with Crippen LogP contribution < -0.4 is 16.6 Å². The molecule has 0 radical (unpaired) electrons. The third-order valence-electron chi connectivity index (χ3n) is 1.90. The average molecular weight is 226 g/mol. The van der Waals surface area contributed by atoms with Crippen molar-refractivity contribution < 1.29 is 4.52 Å². The van der Waals surface area contributed by atoms with E-state index in [0.717, 1.165) is 19.4 Å². The fraction of sp³-hybridized carbons (Fsp3) is 0.667. The van der Waals surface area contributed by atoms with Crippen LogP contribution in [-0.4, -0.2) is 22.6 Å². The summed E-state index contributed by atoms with van der Waals surface area (Å²) in [5.74, 6) is 6.92. The quantitative estimate of drug-likeness (QED) is 0.216. The van der Waals surface area contributed by atoms with Crippen molar-refractivity contribution in [3.8, 4) is 0 Å². The molecule has 1 heterocycles. The predicted octanol–water partition coefficient (Wildman–Crippen LogP) is 0.0870. The summed E-state index contributed by atoms with van der Waals surface area (Å²) in [6.45, 7) is 5.04. The van der Waals surface area contributed by atoms with Gasteiger partial charge in [0.2, 0.25) is 11.9 Å². The number of aromatic nitrogens is 2. The van der Waals surface area contributed by atoms with Crippen molar-refractivity contribution in [3.63, 3.8) is 0 Å². The monoisotopic (exact) mass is 226 g/mol. The molecule has 0 fully saturated rings. The summed E-state index contributed by atoms with van der Waals surface area (Å²) in [6, 6.07) is 0. The third kappa shape index (κ3) is 4.26. The predicted molar refractivity (Wildman–Crippen MR) is 60.4 cm³/mol. The van der Waals surface area contributed by atoms with Crippen molar-refractivity contribution in [2.75, 3.05) is 6.54 Å². The molecule has 0 aromatic carbocycles. The number of aryl methyl sites for hydroxylation is 1. The number of hydrogen-bond acceptors (Lipinski definition) is 5. The first-order valence-electron chi connectivity index (χ1n) is 5.30. The molecule has 7 heteroatoms. The molecule has 16 heavy (non-hydrogen) atoms. The SMILES string of the molecule is CCCCNC(=NCc1nc(C)no1)NN. The lowest BCUT2D eigenvalue weighted by Gasteiger charge is -2.07. The summed E-state index contributed by atoms with van der Waals surface area (Å²) in [6.07, 6.45) is 2.19. The molecule has 0 saturated heterocycles. The Morgan fingerprint density at radius 3 is 2.94 bits per heavy atom. The Balaban J connectivity index is 2.40. The molecule has 0 spiro atoms. The highest BCUT2D eigenvalue weighted by atomic mass is 16.5. The Hall–Kier alpha value is -1.63. The number of nitrogens with two attached hydrogens (primary N) is 1. The van der Waals surface area contributed by atoms with E-state index in [1.165, 1.54) is 0 Å². The lowest BCUT2D eigenvalue weighted by atomic mass is 10.3. The molecule has 1 aromatic rings. The maximum absolute atomic E-state index is 5.31. The standard InChI is InChI=1S/C9H18N6O/c1-3-4-5-11-9(14-10)12-6-8-13-7(2)15-16-8/h3-6,10H2,1-2H3,(H2,11,12,14). The van der Waals surface area contributed by atoms with Crippen LogP contribution in [0.15, 0.2) is 9.52 Å². The zero-order valence-electron chi connectivity index (χ0n) is 9.66. The highest BCUT2D eigenvalue weighted by Crippen LogP contribution is 1.97. The van der Waals surface area contributed by atoms with Gasteiger partial charge >= 0.3 is 0 Å². The summed E-state index contributed by atoms with van der Waals surface area (Å²) in [7, 11) is 0. The van der Waals surface area contributed by atoms with Gasteiger partial charge in [0.05, 0.1) is 0 Å². The molecule has 0 atom stereocenters. The zero-order chi connectivity index (χ0) is 11.8. The summed E-state index contributed by atoms with van der Waals surface area (Å²) in [4.78, 5) is 8.20. The van der Waals surface area contributed by atoms with Crippen molar-refractivity contribution >= 4 is 5.96 Å². The number of guanidine groups is 1. The molecule has 0 saturated carbocycles. The average Bonchev–Trinajstić information content (AvgIpc) is 2.69. The fourth-order valence-electron chi connectivity index (χ4n) is 1.09. The van der Waals surface area contributed by atoms with Gasteiger partial charge in [-0.2, -0.15) is 4.98 Å². The van der Waals surface area contributed by atoms with Crippen LogP contribution in [0.25, 0.3) is 0 Å². The Morgan fingerprint density at radius 1 is 1.56 bits per heavy atom. The van der Waals surface area contributed by atoms with Crippen molar-refractivity contribution in [2.45, 2.75) is 33.2 Å². The maximum Gasteiger partial charge on any atom is 0.248 e. The molecule has 0 amide bonds. The van der Waals surface area contributed by atoms with Crippen molar-refractivity contribution in [1.82, 2.24) is 20.9 Å². The topological polar surface area (TPSA) is 101 Å². The van der Waals surface area contributed by atoms with E-state index in [0.29, 0.717) is 24.2 Å². The number of rotatable bonds is 5. The Morgan fingerprint density at radius 2 is 2.38 bits per heavy atom. The molecular formula is C9H18N6O. The van der Waals surface area contributed by atoms with Gasteiger partial charge < -0.3 is 9.84 Å². The van der Waals surface area contributed by atoms with E-state index in [2.05, 4.69) is 32.8 Å². The number of unbranched alkanes of at least 4 members (excludes halogenated alkanes) is 1. The summed E-state index contributed by atoms with van der Waals surface area (Å²) < 4.78 is 4.92. The molecule has 0 unspecified atom stereocenters. The summed E-state index contributed by atoms with van der Waals surface area (Å²) in [5, 5.41) is 6.74. The van der Waals surface area contributed by atoms with Gasteiger partial charge in [-0.3, -0.25) is 5.43 Å². The van der Waals surface area contributed by atoms with E-state index in [1.807, 2.05) is 0 Å². The van der Waals surface area contributed by atoms with Crippen molar-refractivity contribution in [1.29, 1.82) is 0 Å². The molecule has 1 rings (SSSR count). The molecule has 0 bridgehead atoms. The molecule has 90 valence electrons. The zero-order valence-corrected chi connectivity index (χ0v) is 9.66. The first kappa shape index (κ1) is 12.4. The van der Waals surface area contributed by atoms with E-state index in [1.54, 1.807) is 6.92 Å². The van der Waals surface area contributed by atoms with Crippen LogP contribution in [0.1, 0.15) is 31.5 Å². The Kier molecular flexibility index (Phi) is 5.27. The largest absolute Gasteiger partial charge is 0.355 e. The maximum atomic E-state index is 5.31. The van der Waals surface area contributed by atoms with Crippen LogP contribution in [0.3, 0.4) is 0 Å². The highest BCUT2D eigenvalue weighted by molar-refractivity contribution is 5.78. The molecule has 7 nitrogen and oxygen atoms in total. The second kappa shape index (κ2) is 6.78. The van der Waals surface area contributed by atoms with E-state index in [4.69, 9.17) is 10.4 Å². The van der Waals surface area contributed by atoms with Crippen molar-refractivity contribution in [2.24, 2.45) is 10.8 Å². The number of hydrogen-bond donors (Lipinski definition) is 3. The highest BCUT2D eigenvalue weighted by Gasteiger charge is 2.01. The number of aliphatic imine (C=N–C) groups is 1. The fourth-order valence-corrected chi connectivity index (χ4v) is 1.09. The minimum absolute atomic E-state index is 0.319. The van der Waals surface area contributed by atoms with Gasteiger partial charge in [-0.1, -0.05) is 18.5 Å². The smallest absolute Gasteiger partial charge is 0.248 e. The van der Waals surface area contributed by atoms with Gasteiger partial charge in [-0.15, -0.1) is 0 Å². The van der Waals surface area contributed by atoms with Crippen LogP contribution in [0, 0.1) is 6.92 Å². The Bertz CT molecular complexity index is 334. The third-order valence-corrected chi connectivity index (χ3v) is 1.90. The van der Waals surface area contributed by atoms with Gasteiger partial charge in [-0.25, -0.2) is 10.8 Å².